The highest BCUT2D eigenvalue weighted by atomic mass is 35.5. The first-order chi connectivity index (χ1) is 9.70. The number of nitrogens with one attached hydrogen (secondary N) is 1. The van der Waals surface area contributed by atoms with Crippen molar-refractivity contribution in [1.82, 2.24) is 5.32 Å². The molecule has 2 nitrogen and oxygen atoms in total. The average molecular weight is 310 g/mol. The van der Waals surface area contributed by atoms with E-state index < -0.39 is 0 Å². The van der Waals surface area contributed by atoms with Gasteiger partial charge in [-0.05, 0) is 48.4 Å². The van der Waals surface area contributed by atoms with Crippen LogP contribution in [-0.2, 0) is 13.0 Å². The highest BCUT2D eigenvalue weighted by Crippen LogP contribution is 2.20. The molecular formula is C16H17Cl2NO. The molecule has 0 radical (unpaired) electrons. The van der Waals surface area contributed by atoms with Gasteiger partial charge in [0.15, 0.2) is 0 Å². The van der Waals surface area contributed by atoms with E-state index >= 15 is 0 Å². The topological polar surface area (TPSA) is 21.3 Å². The van der Waals surface area contributed by atoms with E-state index in [4.69, 9.17) is 27.9 Å². The summed E-state index contributed by atoms with van der Waals surface area (Å²) in [5.74, 6) is 0.926. The predicted octanol–water partition coefficient (Wildman–Crippen LogP) is 4.33. The van der Waals surface area contributed by atoms with Gasteiger partial charge in [0.05, 0.1) is 7.11 Å². The quantitative estimate of drug-likeness (QED) is 0.802. The maximum Gasteiger partial charge on any atom is 0.122 e. The number of ether oxygens (including phenoxy) is 1. The molecule has 0 saturated heterocycles. The SMILES string of the molecule is COc1ccccc1CCNCc1cc(Cl)ccc1Cl. The minimum atomic E-state index is 0.703. The number of benzene rings is 2. The largest absolute Gasteiger partial charge is 0.496 e. The van der Waals surface area contributed by atoms with E-state index in [2.05, 4.69) is 11.4 Å². The third-order valence-corrected chi connectivity index (χ3v) is 3.69. The predicted molar refractivity (Wildman–Crippen MR) is 84.9 cm³/mol. The Bertz CT molecular complexity index is 572. The van der Waals surface area contributed by atoms with Crippen LogP contribution in [0.3, 0.4) is 0 Å². The van der Waals surface area contributed by atoms with E-state index in [1.165, 1.54) is 5.56 Å². The van der Waals surface area contributed by atoms with E-state index in [-0.39, 0.29) is 0 Å². The molecule has 0 heterocycles. The lowest BCUT2D eigenvalue weighted by atomic mass is 10.1. The third kappa shape index (κ3) is 4.14. The van der Waals surface area contributed by atoms with Crippen molar-refractivity contribution in [1.29, 1.82) is 0 Å². The first kappa shape index (κ1) is 15.2. The molecule has 4 heteroatoms. The molecule has 2 aromatic rings. The fourth-order valence-corrected chi connectivity index (χ4v) is 2.41. The molecule has 0 aliphatic carbocycles. The van der Waals surface area contributed by atoms with Gasteiger partial charge in [-0.15, -0.1) is 0 Å². The zero-order valence-corrected chi connectivity index (χ0v) is 12.8. The molecule has 2 rings (SSSR count). The second kappa shape index (κ2) is 7.53. The Morgan fingerprint density at radius 1 is 1.05 bits per heavy atom. The third-order valence-electron chi connectivity index (χ3n) is 3.09. The number of hydrogen-bond acceptors (Lipinski definition) is 2. The maximum atomic E-state index is 6.12. The van der Waals surface area contributed by atoms with Gasteiger partial charge in [-0.3, -0.25) is 0 Å². The molecule has 0 unspecified atom stereocenters. The van der Waals surface area contributed by atoms with Crippen molar-refractivity contribution in [3.63, 3.8) is 0 Å². The lowest BCUT2D eigenvalue weighted by Gasteiger charge is -2.10. The first-order valence-corrected chi connectivity index (χ1v) is 7.23. The Labute approximate surface area is 129 Å². The van der Waals surface area contributed by atoms with Gasteiger partial charge < -0.3 is 10.1 Å². The number of halogens is 2. The molecule has 0 aliphatic rings. The molecule has 0 atom stereocenters. The van der Waals surface area contributed by atoms with Gasteiger partial charge >= 0.3 is 0 Å². The molecule has 0 amide bonds. The molecule has 106 valence electrons. The minimum Gasteiger partial charge on any atom is -0.496 e. The van der Waals surface area contributed by atoms with Crippen LogP contribution in [0, 0.1) is 0 Å². The van der Waals surface area contributed by atoms with Crippen LogP contribution < -0.4 is 10.1 Å². The number of hydrogen-bond donors (Lipinski definition) is 1. The van der Waals surface area contributed by atoms with Gasteiger partial charge in [-0.1, -0.05) is 41.4 Å². The molecule has 0 saturated carbocycles. The van der Waals surface area contributed by atoms with Gasteiger partial charge in [0, 0.05) is 16.6 Å². The molecule has 0 aliphatic heterocycles. The van der Waals surface area contributed by atoms with Crippen LogP contribution in [0.2, 0.25) is 10.0 Å². The molecule has 0 bridgehead atoms. The molecular weight excluding hydrogens is 293 g/mol. The van der Waals surface area contributed by atoms with Crippen molar-refractivity contribution < 1.29 is 4.74 Å². The summed E-state index contributed by atoms with van der Waals surface area (Å²) in [6.07, 6.45) is 0.905. The van der Waals surface area contributed by atoms with E-state index in [9.17, 15) is 0 Å². The lowest BCUT2D eigenvalue weighted by molar-refractivity contribution is 0.409. The first-order valence-electron chi connectivity index (χ1n) is 6.47. The standard InChI is InChI=1S/C16H17Cl2NO/c1-20-16-5-3-2-4-12(16)8-9-19-11-13-10-14(17)6-7-15(13)18/h2-7,10,19H,8-9,11H2,1H3. The second-order valence-corrected chi connectivity index (χ2v) is 5.32. The number of methoxy groups -OCH3 is 1. The van der Waals surface area contributed by atoms with Crippen LogP contribution in [0.1, 0.15) is 11.1 Å². The summed E-state index contributed by atoms with van der Waals surface area (Å²) in [6.45, 7) is 1.55. The number of rotatable bonds is 6. The summed E-state index contributed by atoms with van der Waals surface area (Å²) in [7, 11) is 1.69. The van der Waals surface area contributed by atoms with Gasteiger partial charge in [0.2, 0.25) is 0 Å². The second-order valence-electron chi connectivity index (χ2n) is 4.47. The van der Waals surface area contributed by atoms with Crippen molar-refractivity contribution >= 4 is 23.2 Å². The normalized spacial score (nSPS) is 10.6. The molecule has 2 aromatic carbocycles. The van der Waals surface area contributed by atoms with Crippen LogP contribution in [-0.4, -0.2) is 13.7 Å². The van der Waals surface area contributed by atoms with Crippen LogP contribution >= 0.6 is 23.2 Å². The highest BCUT2D eigenvalue weighted by Gasteiger charge is 2.03. The summed E-state index contributed by atoms with van der Waals surface area (Å²) >= 11 is 12.1. The smallest absolute Gasteiger partial charge is 0.122 e. The van der Waals surface area contributed by atoms with Gasteiger partial charge in [0.1, 0.15) is 5.75 Å². The molecule has 0 spiro atoms. The number of para-hydroxylation sites is 1. The van der Waals surface area contributed by atoms with Crippen LogP contribution in [0.4, 0.5) is 0 Å². The Morgan fingerprint density at radius 3 is 2.65 bits per heavy atom. The monoisotopic (exact) mass is 309 g/mol. The van der Waals surface area contributed by atoms with Gasteiger partial charge in [-0.25, -0.2) is 0 Å². The fraction of sp³-hybridized carbons (Fsp3) is 0.250. The Kier molecular flexibility index (Phi) is 5.72. The minimum absolute atomic E-state index is 0.703. The lowest BCUT2D eigenvalue weighted by Crippen LogP contribution is -2.17. The van der Waals surface area contributed by atoms with Gasteiger partial charge in [0.25, 0.3) is 0 Å². The molecule has 20 heavy (non-hydrogen) atoms. The summed E-state index contributed by atoms with van der Waals surface area (Å²) in [6, 6.07) is 13.5. The van der Waals surface area contributed by atoms with Crippen molar-refractivity contribution in [2.24, 2.45) is 0 Å². The zero-order chi connectivity index (χ0) is 14.4. The highest BCUT2D eigenvalue weighted by molar-refractivity contribution is 6.33. The zero-order valence-electron chi connectivity index (χ0n) is 11.3. The van der Waals surface area contributed by atoms with Crippen molar-refractivity contribution in [2.45, 2.75) is 13.0 Å². The van der Waals surface area contributed by atoms with Crippen molar-refractivity contribution in [3.8, 4) is 5.75 Å². The molecule has 0 aromatic heterocycles. The van der Waals surface area contributed by atoms with E-state index in [1.54, 1.807) is 13.2 Å². The fourth-order valence-electron chi connectivity index (χ4n) is 2.03. The Morgan fingerprint density at radius 2 is 1.85 bits per heavy atom. The van der Waals surface area contributed by atoms with E-state index in [0.717, 1.165) is 29.3 Å². The van der Waals surface area contributed by atoms with Crippen LogP contribution in [0.25, 0.3) is 0 Å². The van der Waals surface area contributed by atoms with Crippen molar-refractivity contribution in [2.75, 3.05) is 13.7 Å². The van der Waals surface area contributed by atoms with E-state index in [0.29, 0.717) is 11.6 Å². The van der Waals surface area contributed by atoms with Gasteiger partial charge in [-0.2, -0.15) is 0 Å². The Hall–Kier alpha value is -1.22. The van der Waals surface area contributed by atoms with Crippen molar-refractivity contribution in [3.05, 3.63) is 63.6 Å². The maximum absolute atomic E-state index is 6.12. The summed E-state index contributed by atoms with van der Waals surface area (Å²) in [5.41, 5.74) is 2.21. The molecule has 1 N–H and O–H groups in total. The Balaban J connectivity index is 1.86. The summed E-state index contributed by atoms with van der Waals surface area (Å²) in [5, 5.41) is 4.81. The van der Waals surface area contributed by atoms with Crippen LogP contribution in [0.5, 0.6) is 5.75 Å². The van der Waals surface area contributed by atoms with E-state index in [1.807, 2.05) is 30.3 Å². The molecule has 0 fully saturated rings. The average Bonchev–Trinajstić information content (AvgIpc) is 2.47. The summed E-state index contributed by atoms with van der Waals surface area (Å²) in [4.78, 5) is 0. The summed E-state index contributed by atoms with van der Waals surface area (Å²) < 4.78 is 5.33. The van der Waals surface area contributed by atoms with Crippen LogP contribution in [0.15, 0.2) is 42.5 Å².